The van der Waals surface area contributed by atoms with E-state index in [1.807, 2.05) is 81.4 Å². The van der Waals surface area contributed by atoms with Crippen molar-refractivity contribution in [3.05, 3.63) is 95.4 Å². The van der Waals surface area contributed by atoms with E-state index in [1.54, 1.807) is 12.3 Å². The molecule has 1 aliphatic heterocycles. The number of fused-ring (bicyclic) bond motifs is 1. The van der Waals surface area contributed by atoms with E-state index in [9.17, 15) is 9.59 Å². The maximum absolute atomic E-state index is 12.6. The van der Waals surface area contributed by atoms with E-state index in [-0.39, 0.29) is 6.04 Å². The summed E-state index contributed by atoms with van der Waals surface area (Å²) in [6.45, 7) is 5.93. The molecule has 6 nitrogen and oxygen atoms in total. The van der Waals surface area contributed by atoms with Crippen LogP contribution in [-0.4, -0.2) is 28.9 Å². The molecular weight excluding hydrogens is 418 g/mol. The van der Waals surface area contributed by atoms with E-state index in [0.717, 1.165) is 23.2 Å². The summed E-state index contributed by atoms with van der Waals surface area (Å²) < 4.78 is 17.3. The molecule has 2 aromatic carbocycles. The fourth-order valence-corrected chi connectivity index (χ4v) is 3.66. The third-order valence-corrected chi connectivity index (χ3v) is 5.19. The molecule has 2 aromatic rings. The fraction of sp³-hybridized carbons (Fsp3) is 0.259. The molecule has 0 fully saturated rings. The summed E-state index contributed by atoms with van der Waals surface area (Å²) in [6, 6.07) is 17.1. The Hall–Kier alpha value is -3.80. The van der Waals surface area contributed by atoms with Gasteiger partial charge in [0.25, 0.3) is 0 Å². The zero-order valence-corrected chi connectivity index (χ0v) is 19.0. The molecule has 2 aliphatic rings. The normalized spacial score (nSPS) is 17.4. The summed E-state index contributed by atoms with van der Waals surface area (Å²) in [6.07, 6.45) is 6.06. The minimum absolute atomic E-state index is 0.277. The van der Waals surface area contributed by atoms with Crippen LogP contribution in [-0.2, 0) is 16.1 Å². The lowest BCUT2D eigenvalue weighted by Gasteiger charge is -2.29. The summed E-state index contributed by atoms with van der Waals surface area (Å²) in [5, 5.41) is 0. The topological polar surface area (TPSA) is 65.1 Å². The second-order valence-corrected chi connectivity index (χ2v) is 8.90. The molecule has 1 heterocycles. The molecule has 0 N–H and O–H groups in total. The van der Waals surface area contributed by atoms with E-state index < -0.39 is 11.7 Å². The van der Waals surface area contributed by atoms with Crippen molar-refractivity contribution < 1.29 is 23.8 Å². The Labute approximate surface area is 193 Å². The van der Waals surface area contributed by atoms with Crippen molar-refractivity contribution in [3.63, 3.8) is 0 Å². The van der Waals surface area contributed by atoms with Crippen LogP contribution in [0.15, 0.2) is 89.9 Å². The van der Waals surface area contributed by atoms with Gasteiger partial charge in [0.1, 0.15) is 29.5 Å². The molecule has 0 bridgehead atoms. The van der Waals surface area contributed by atoms with Crippen LogP contribution in [0.4, 0.5) is 4.79 Å². The minimum Gasteiger partial charge on any atom is -0.489 e. The van der Waals surface area contributed by atoms with Gasteiger partial charge in [-0.15, -0.1) is 0 Å². The highest BCUT2D eigenvalue weighted by atomic mass is 16.6. The van der Waals surface area contributed by atoms with Crippen molar-refractivity contribution >= 4 is 12.4 Å². The van der Waals surface area contributed by atoms with Crippen LogP contribution < -0.4 is 9.47 Å². The van der Waals surface area contributed by atoms with Crippen LogP contribution in [0.2, 0.25) is 0 Å². The third-order valence-electron chi connectivity index (χ3n) is 5.19. The van der Waals surface area contributed by atoms with Gasteiger partial charge in [-0.1, -0.05) is 30.3 Å². The SMILES string of the molecule is CC(C)(C)OC(=O)N1C=C(C=O)C2=CC(Oc3ccc(OCc4ccccc4)cc3)=CCC21. The lowest BCUT2D eigenvalue weighted by Crippen LogP contribution is -2.38. The highest BCUT2D eigenvalue weighted by Gasteiger charge is 2.37. The Balaban J connectivity index is 1.40. The minimum atomic E-state index is -0.617. The molecule has 1 amide bonds. The number of rotatable bonds is 6. The second kappa shape index (κ2) is 9.36. The molecule has 0 spiro atoms. The van der Waals surface area contributed by atoms with Gasteiger partial charge in [0.15, 0.2) is 6.29 Å². The average molecular weight is 446 g/mol. The molecule has 170 valence electrons. The van der Waals surface area contributed by atoms with Crippen LogP contribution in [0.1, 0.15) is 32.8 Å². The van der Waals surface area contributed by atoms with Gasteiger partial charge in [-0.25, -0.2) is 4.79 Å². The van der Waals surface area contributed by atoms with E-state index in [2.05, 4.69) is 0 Å². The Morgan fingerprint density at radius 3 is 2.42 bits per heavy atom. The van der Waals surface area contributed by atoms with Crippen molar-refractivity contribution in [3.8, 4) is 11.5 Å². The number of ether oxygens (including phenoxy) is 3. The molecule has 33 heavy (non-hydrogen) atoms. The van der Waals surface area contributed by atoms with Crippen molar-refractivity contribution in [1.29, 1.82) is 0 Å². The zero-order valence-electron chi connectivity index (χ0n) is 19.0. The highest BCUT2D eigenvalue weighted by Crippen LogP contribution is 2.35. The molecule has 0 radical (unpaired) electrons. The van der Waals surface area contributed by atoms with Crippen LogP contribution in [0.25, 0.3) is 0 Å². The Morgan fingerprint density at radius 2 is 1.76 bits per heavy atom. The van der Waals surface area contributed by atoms with Crippen molar-refractivity contribution in [1.82, 2.24) is 4.90 Å². The number of carbonyl (C=O) groups is 2. The van der Waals surface area contributed by atoms with Gasteiger partial charge in [-0.05, 0) is 74.7 Å². The Morgan fingerprint density at radius 1 is 1.06 bits per heavy atom. The van der Waals surface area contributed by atoms with E-state index in [4.69, 9.17) is 14.2 Å². The first-order valence-corrected chi connectivity index (χ1v) is 10.9. The lowest BCUT2D eigenvalue weighted by atomic mass is 9.95. The lowest BCUT2D eigenvalue weighted by molar-refractivity contribution is -0.104. The number of aldehydes is 1. The molecule has 1 aliphatic carbocycles. The second-order valence-electron chi connectivity index (χ2n) is 8.90. The third kappa shape index (κ3) is 5.52. The largest absolute Gasteiger partial charge is 0.489 e. The van der Waals surface area contributed by atoms with Crippen LogP contribution in [0, 0.1) is 0 Å². The van der Waals surface area contributed by atoms with Crippen LogP contribution in [0.5, 0.6) is 11.5 Å². The molecule has 6 heteroatoms. The zero-order chi connectivity index (χ0) is 23.4. The molecule has 1 atom stereocenters. The number of allylic oxidation sites excluding steroid dienone is 1. The first-order chi connectivity index (χ1) is 15.8. The molecule has 4 rings (SSSR count). The summed E-state index contributed by atoms with van der Waals surface area (Å²) >= 11 is 0. The predicted molar refractivity (Wildman–Crippen MR) is 125 cm³/mol. The monoisotopic (exact) mass is 445 g/mol. The number of hydrogen-bond donors (Lipinski definition) is 0. The van der Waals surface area contributed by atoms with Crippen molar-refractivity contribution in [2.75, 3.05) is 0 Å². The van der Waals surface area contributed by atoms with Gasteiger partial charge in [0.05, 0.1) is 6.04 Å². The maximum Gasteiger partial charge on any atom is 0.414 e. The molecule has 1 unspecified atom stereocenters. The van der Waals surface area contributed by atoms with Gasteiger partial charge in [0, 0.05) is 11.8 Å². The Kier molecular flexibility index (Phi) is 6.36. The van der Waals surface area contributed by atoms with Gasteiger partial charge in [-0.2, -0.15) is 0 Å². The molecular formula is C27H27NO5. The summed E-state index contributed by atoms with van der Waals surface area (Å²) in [5.74, 6) is 2.03. The number of amides is 1. The van der Waals surface area contributed by atoms with Gasteiger partial charge >= 0.3 is 6.09 Å². The van der Waals surface area contributed by atoms with E-state index >= 15 is 0 Å². The first kappa shape index (κ1) is 22.4. The standard InChI is InChI=1S/C27H27NO5/c1-27(2,3)33-26(30)28-16-20(17-29)24-15-23(13-14-25(24)28)32-22-11-9-21(10-12-22)31-18-19-7-5-4-6-8-19/h4-13,15-17,25H,14,18H2,1-3H3. The quantitative estimate of drug-likeness (QED) is 0.545. The predicted octanol–water partition coefficient (Wildman–Crippen LogP) is 5.56. The summed E-state index contributed by atoms with van der Waals surface area (Å²) in [5.41, 5.74) is 1.68. The van der Waals surface area contributed by atoms with Gasteiger partial charge < -0.3 is 14.2 Å². The Bertz CT molecular complexity index is 1110. The number of hydrogen-bond acceptors (Lipinski definition) is 5. The smallest absolute Gasteiger partial charge is 0.414 e. The van der Waals surface area contributed by atoms with Crippen molar-refractivity contribution in [2.24, 2.45) is 0 Å². The van der Waals surface area contributed by atoms with Crippen molar-refractivity contribution in [2.45, 2.75) is 45.4 Å². The first-order valence-electron chi connectivity index (χ1n) is 10.9. The summed E-state index contributed by atoms with van der Waals surface area (Å²) in [4.78, 5) is 25.7. The maximum atomic E-state index is 12.6. The highest BCUT2D eigenvalue weighted by molar-refractivity contribution is 5.86. The average Bonchev–Trinajstić information content (AvgIpc) is 3.16. The van der Waals surface area contributed by atoms with Crippen LogP contribution >= 0.6 is 0 Å². The number of nitrogens with zero attached hydrogens (tertiary/aromatic N) is 1. The molecule has 0 saturated carbocycles. The number of carbonyl (C=O) groups excluding carboxylic acids is 2. The molecule has 0 aromatic heterocycles. The van der Waals surface area contributed by atoms with Gasteiger partial charge in [0.2, 0.25) is 0 Å². The van der Waals surface area contributed by atoms with Crippen LogP contribution in [0.3, 0.4) is 0 Å². The van der Waals surface area contributed by atoms with E-state index in [0.29, 0.717) is 30.1 Å². The fourth-order valence-electron chi connectivity index (χ4n) is 3.66. The van der Waals surface area contributed by atoms with Gasteiger partial charge in [-0.3, -0.25) is 9.69 Å². The molecule has 0 saturated heterocycles. The summed E-state index contributed by atoms with van der Waals surface area (Å²) in [7, 11) is 0. The number of benzene rings is 2. The van der Waals surface area contributed by atoms with E-state index in [1.165, 1.54) is 4.90 Å².